The van der Waals surface area contributed by atoms with Gasteiger partial charge in [0.15, 0.2) is 0 Å². The molecule has 1 aromatic heterocycles. The summed E-state index contributed by atoms with van der Waals surface area (Å²) in [4.78, 5) is 17.5. The van der Waals surface area contributed by atoms with Crippen molar-refractivity contribution >= 4 is 23.5 Å². The summed E-state index contributed by atoms with van der Waals surface area (Å²) in [5, 5.41) is 0.522. The summed E-state index contributed by atoms with van der Waals surface area (Å²) in [6.45, 7) is 1.98. The molecule has 19 heavy (non-hydrogen) atoms. The second kappa shape index (κ2) is 4.24. The molecule has 2 heterocycles. The molecule has 0 atom stereocenters. The number of carbonyl (C=O) groups excluding carboxylic acids is 1. The lowest BCUT2D eigenvalue weighted by Crippen LogP contribution is -2.29. The van der Waals surface area contributed by atoms with Gasteiger partial charge in [-0.3, -0.25) is 4.90 Å². The van der Waals surface area contributed by atoms with Crippen molar-refractivity contribution in [1.29, 1.82) is 0 Å². The van der Waals surface area contributed by atoms with Gasteiger partial charge in [0.2, 0.25) is 0 Å². The molecule has 2 aromatic rings. The molecular weight excluding hydrogens is 264 g/mol. The summed E-state index contributed by atoms with van der Waals surface area (Å²) in [6.07, 6.45) is 1.06. The fourth-order valence-corrected chi connectivity index (χ4v) is 2.25. The third kappa shape index (κ3) is 1.94. The number of hydrogen-bond donors (Lipinski definition) is 0. The molecule has 0 aliphatic carbocycles. The number of ether oxygens (including phenoxy) is 1. The molecule has 3 rings (SSSR count). The third-order valence-corrected chi connectivity index (χ3v) is 3.25. The maximum absolute atomic E-state index is 11.9. The monoisotopic (exact) mass is 274 g/mol. The second-order valence-electron chi connectivity index (χ2n) is 4.45. The first kappa shape index (κ1) is 12.0. The lowest BCUT2D eigenvalue weighted by Gasteiger charge is -2.14. The van der Waals surface area contributed by atoms with Crippen LogP contribution in [-0.2, 0) is 0 Å². The Labute approximate surface area is 115 Å². The number of anilines is 1. The Morgan fingerprint density at radius 2 is 2.05 bits per heavy atom. The Morgan fingerprint density at radius 3 is 2.84 bits per heavy atom. The molecular formula is C14H11ClN2O2. The molecule has 0 spiro atoms. The summed E-state index contributed by atoms with van der Waals surface area (Å²) < 4.78 is 5.35. The van der Waals surface area contributed by atoms with E-state index in [1.165, 1.54) is 11.1 Å². The summed E-state index contributed by atoms with van der Waals surface area (Å²) in [5.74, 6) is 1.06. The molecule has 0 radical (unpaired) electrons. The largest absolute Gasteiger partial charge is 0.420 e. The first-order valence-corrected chi connectivity index (χ1v) is 6.16. The maximum atomic E-state index is 11.9. The normalized spacial score (nSPS) is 13.4. The van der Waals surface area contributed by atoms with Crippen molar-refractivity contribution in [1.82, 2.24) is 4.98 Å². The number of fused-ring (bicyclic) bond motifs is 3. The van der Waals surface area contributed by atoms with Gasteiger partial charge in [0.05, 0.1) is 5.02 Å². The van der Waals surface area contributed by atoms with Crippen molar-refractivity contribution in [2.75, 3.05) is 11.9 Å². The average molecular weight is 275 g/mol. The number of nitrogens with zero attached hydrogens (tertiary/aromatic N) is 2. The van der Waals surface area contributed by atoms with Crippen molar-refractivity contribution < 1.29 is 9.53 Å². The highest BCUT2D eigenvalue weighted by Gasteiger charge is 2.26. The van der Waals surface area contributed by atoms with E-state index in [0.29, 0.717) is 16.6 Å². The Balaban J connectivity index is 2.35. The van der Waals surface area contributed by atoms with E-state index in [1.807, 2.05) is 19.1 Å². The molecule has 5 heteroatoms. The van der Waals surface area contributed by atoms with Gasteiger partial charge < -0.3 is 4.74 Å². The lowest BCUT2D eigenvalue weighted by atomic mass is 10.0. The highest BCUT2D eigenvalue weighted by Crippen LogP contribution is 2.40. The fourth-order valence-electron chi connectivity index (χ4n) is 2.09. The van der Waals surface area contributed by atoms with Crippen LogP contribution in [0.25, 0.3) is 11.1 Å². The third-order valence-electron chi connectivity index (χ3n) is 3.05. The highest BCUT2D eigenvalue weighted by atomic mass is 35.5. The van der Waals surface area contributed by atoms with E-state index in [-0.39, 0.29) is 0 Å². The second-order valence-corrected chi connectivity index (χ2v) is 4.89. The predicted molar refractivity (Wildman–Crippen MR) is 73.8 cm³/mol. The van der Waals surface area contributed by atoms with Crippen LogP contribution in [0.4, 0.5) is 10.6 Å². The van der Waals surface area contributed by atoms with E-state index in [2.05, 4.69) is 4.98 Å². The number of pyridine rings is 1. The Kier molecular flexibility index (Phi) is 2.68. The Morgan fingerprint density at radius 1 is 1.26 bits per heavy atom. The molecule has 0 unspecified atom stereocenters. The maximum Gasteiger partial charge on any atom is 0.420 e. The van der Waals surface area contributed by atoms with E-state index in [4.69, 9.17) is 16.3 Å². The van der Waals surface area contributed by atoms with Crippen molar-refractivity contribution in [3.05, 3.63) is 41.0 Å². The zero-order chi connectivity index (χ0) is 13.6. The SMILES string of the molecule is Cc1ccc2c(c1)-c1cc(Cl)cnc1N(C)C(=O)O2. The minimum absolute atomic E-state index is 0.460. The molecule has 1 aliphatic rings. The average Bonchev–Trinajstić information content (AvgIpc) is 2.48. The minimum atomic E-state index is -0.460. The van der Waals surface area contributed by atoms with Crippen LogP contribution in [0.2, 0.25) is 5.02 Å². The lowest BCUT2D eigenvalue weighted by molar-refractivity contribution is 0.209. The number of amides is 1. The van der Waals surface area contributed by atoms with E-state index in [0.717, 1.165) is 16.7 Å². The Hall–Kier alpha value is -2.07. The van der Waals surface area contributed by atoms with Gasteiger partial charge in [0.1, 0.15) is 11.6 Å². The minimum Gasteiger partial charge on any atom is -0.409 e. The molecule has 0 saturated carbocycles. The van der Waals surface area contributed by atoms with Gasteiger partial charge in [-0.05, 0) is 25.1 Å². The number of aryl methyl sites for hydroxylation is 1. The molecule has 0 bridgehead atoms. The van der Waals surface area contributed by atoms with Gasteiger partial charge >= 0.3 is 6.09 Å². The van der Waals surface area contributed by atoms with Gasteiger partial charge in [0, 0.05) is 24.4 Å². The number of halogens is 1. The number of carbonyl (C=O) groups is 1. The van der Waals surface area contributed by atoms with Gasteiger partial charge in [-0.25, -0.2) is 9.78 Å². The standard InChI is InChI=1S/C14H11ClN2O2/c1-8-3-4-12-10(5-8)11-6-9(15)7-16-13(11)17(2)14(18)19-12/h3-7H,1-2H3. The van der Waals surface area contributed by atoms with Crippen LogP contribution in [0.3, 0.4) is 0 Å². The zero-order valence-electron chi connectivity index (χ0n) is 10.5. The van der Waals surface area contributed by atoms with Crippen molar-refractivity contribution in [2.45, 2.75) is 6.92 Å². The predicted octanol–water partition coefficient (Wildman–Crippen LogP) is 3.66. The first-order valence-electron chi connectivity index (χ1n) is 5.78. The van der Waals surface area contributed by atoms with Crippen molar-refractivity contribution in [3.63, 3.8) is 0 Å². The van der Waals surface area contributed by atoms with Crippen LogP contribution in [0.1, 0.15) is 5.56 Å². The van der Waals surface area contributed by atoms with E-state index >= 15 is 0 Å². The number of hydrogen-bond acceptors (Lipinski definition) is 3. The topological polar surface area (TPSA) is 42.4 Å². The van der Waals surface area contributed by atoms with Gasteiger partial charge in [-0.1, -0.05) is 23.2 Å². The summed E-state index contributed by atoms with van der Waals surface area (Å²) in [6, 6.07) is 7.43. The van der Waals surface area contributed by atoms with Gasteiger partial charge in [-0.15, -0.1) is 0 Å². The number of benzene rings is 1. The molecule has 1 aromatic carbocycles. The molecule has 1 amide bonds. The van der Waals surface area contributed by atoms with Crippen LogP contribution < -0.4 is 9.64 Å². The summed E-state index contributed by atoms with van der Waals surface area (Å²) >= 11 is 6.01. The van der Waals surface area contributed by atoms with Gasteiger partial charge in [0.25, 0.3) is 0 Å². The fraction of sp³-hybridized carbons (Fsp3) is 0.143. The van der Waals surface area contributed by atoms with Crippen LogP contribution in [0.5, 0.6) is 5.75 Å². The number of aromatic nitrogens is 1. The molecule has 4 nitrogen and oxygen atoms in total. The van der Waals surface area contributed by atoms with Crippen LogP contribution in [0, 0.1) is 6.92 Å². The van der Waals surface area contributed by atoms with Crippen molar-refractivity contribution in [2.24, 2.45) is 0 Å². The first-order chi connectivity index (χ1) is 9.06. The summed E-state index contributed by atoms with van der Waals surface area (Å²) in [7, 11) is 1.63. The van der Waals surface area contributed by atoms with E-state index in [9.17, 15) is 4.79 Å². The van der Waals surface area contributed by atoms with Crippen LogP contribution >= 0.6 is 11.6 Å². The van der Waals surface area contributed by atoms with Crippen LogP contribution in [-0.4, -0.2) is 18.1 Å². The van der Waals surface area contributed by atoms with E-state index in [1.54, 1.807) is 19.2 Å². The highest BCUT2D eigenvalue weighted by molar-refractivity contribution is 6.31. The summed E-state index contributed by atoms with van der Waals surface area (Å²) in [5.41, 5.74) is 2.69. The van der Waals surface area contributed by atoms with Crippen LogP contribution in [0.15, 0.2) is 30.5 Å². The van der Waals surface area contributed by atoms with E-state index < -0.39 is 6.09 Å². The molecule has 96 valence electrons. The number of rotatable bonds is 0. The smallest absolute Gasteiger partial charge is 0.409 e. The molecule has 0 N–H and O–H groups in total. The van der Waals surface area contributed by atoms with Crippen molar-refractivity contribution in [3.8, 4) is 16.9 Å². The molecule has 1 aliphatic heterocycles. The molecule has 0 saturated heterocycles. The zero-order valence-corrected chi connectivity index (χ0v) is 11.2. The quantitative estimate of drug-likeness (QED) is 0.736. The molecule has 0 fully saturated rings. The Bertz CT molecular complexity index is 685. The van der Waals surface area contributed by atoms with Gasteiger partial charge in [-0.2, -0.15) is 0 Å².